The monoisotopic (exact) mass is 613 g/mol. The molecule has 1 N–H and O–H groups in total. The lowest BCUT2D eigenvalue weighted by Gasteiger charge is -2.33. The van der Waals surface area contributed by atoms with Crippen molar-refractivity contribution in [3.05, 3.63) is 98.7 Å². The molecule has 0 aliphatic carbocycles. The van der Waals surface area contributed by atoms with Crippen LogP contribution < -0.4 is 9.62 Å². The maximum absolute atomic E-state index is 14.7. The van der Waals surface area contributed by atoms with Gasteiger partial charge in [0.15, 0.2) is 0 Å². The summed E-state index contributed by atoms with van der Waals surface area (Å²) in [7, 11) is -4.07. The van der Waals surface area contributed by atoms with Crippen molar-refractivity contribution in [2.75, 3.05) is 23.7 Å². The summed E-state index contributed by atoms with van der Waals surface area (Å²) in [6.45, 7) is 1.01. The van der Waals surface area contributed by atoms with Crippen LogP contribution in [-0.2, 0) is 32.6 Å². The van der Waals surface area contributed by atoms with E-state index in [9.17, 15) is 22.4 Å². The number of hydrogen-bond acceptors (Lipinski definition) is 4. The number of carbonyl (C=O) groups is 2. The van der Waals surface area contributed by atoms with Crippen molar-refractivity contribution in [1.82, 2.24) is 10.2 Å². The lowest BCUT2D eigenvalue weighted by molar-refractivity contribution is -0.140. The molecule has 0 aromatic heterocycles. The number of benzene rings is 3. The van der Waals surface area contributed by atoms with Crippen molar-refractivity contribution in [3.8, 4) is 0 Å². The number of likely N-dealkylation sites (N-methyl/N-ethyl adjacent to an activating group) is 1. The summed E-state index contributed by atoms with van der Waals surface area (Å²) in [5, 5.41) is 2.81. The van der Waals surface area contributed by atoms with Gasteiger partial charge in [-0.25, -0.2) is 12.8 Å². The fraction of sp³-hybridized carbons (Fsp3) is 0.259. The largest absolute Gasteiger partial charge is 0.355 e. The van der Waals surface area contributed by atoms with Gasteiger partial charge in [0.2, 0.25) is 21.8 Å². The van der Waals surface area contributed by atoms with Crippen LogP contribution in [0.4, 0.5) is 10.1 Å². The summed E-state index contributed by atoms with van der Waals surface area (Å²) < 4.78 is 41.2. The Morgan fingerprint density at radius 2 is 1.56 bits per heavy atom. The Hall–Kier alpha value is -2.85. The standard InChI is InChI=1S/C27H27Cl3FN3O4S/c1-3-32-27(36)25(13-18-9-5-4-6-10-18)33(16-19-11-7-8-12-23(19)31)26(35)17-34(39(2,37)38)24-15-21(29)20(28)14-22(24)30/h4-12,14-15,25H,3,13,16-17H2,1-2H3,(H,32,36). The van der Waals surface area contributed by atoms with Gasteiger partial charge < -0.3 is 10.2 Å². The molecule has 0 fully saturated rings. The number of anilines is 1. The molecule has 0 aliphatic heterocycles. The molecule has 3 rings (SSSR count). The predicted molar refractivity (Wildman–Crippen MR) is 153 cm³/mol. The summed E-state index contributed by atoms with van der Waals surface area (Å²) in [5.41, 5.74) is 0.852. The molecule has 7 nitrogen and oxygen atoms in total. The second-order valence-electron chi connectivity index (χ2n) is 8.70. The molecular weight excluding hydrogens is 588 g/mol. The topological polar surface area (TPSA) is 86.8 Å². The zero-order valence-electron chi connectivity index (χ0n) is 21.2. The molecule has 12 heteroatoms. The molecule has 2 amide bonds. The summed E-state index contributed by atoms with van der Waals surface area (Å²) in [6, 6.07) is 16.3. The van der Waals surface area contributed by atoms with Crippen LogP contribution in [0.25, 0.3) is 0 Å². The van der Waals surface area contributed by atoms with E-state index in [1.54, 1.807) is 37.3 Å². The Balaban J connectivity index is 2.09. The van der Waals surface area contributed by atoms with Crippen molar-refractivity contribution in [3.63, 3.8) is 0 Å². The Morgan fingerprint density at radius 3 is 2.18 bits per heavy atom. The van der Waals surface area contributed by atoms with Gasteiger partial charge in [0.05, 0.1) is 27.0 Å². The zero-order valence-corrected chi connectivity index (χ0v) is 24.3. The van der Waals surface area contributed by atoms with Gasteiger partial charge >= 0.3 is 0 Å². The van der Waals surface area contributed by atoms with Crippen molar-refractivity contribution in [2.45, 2.75) is 25.9 Å². The smallest absolute Gasteiger partial charge is 0.244 e. The number of sulfonamides is 1. The molecule has 0 spiro atoms. The van der Waals surface area contributed by atoms with Crippen molar-refractivity contribution >= 4 is 62.3 Å². The number of amides is 2. The first-order valence-electron chi connectivity index (χ1n) is 11.9. The van der Waals surface area contributed by atoms with Crippen LogP contribution in [0.1, 0.15) is 18.1 Å². The van der Waals surface area contributed by atoms with Gasteiger partial charge in [-0.3, -0.25) is 13.9 Å². The summed E-state index contributed by atoms with van der Waals surface area (Å²) >= 11 is 18.4. The summed E-state index contributed by atoms with van der Waals surface area (Å²) in [5.74, 6) is -1.79. The van der Waals surface area contributed by atoms with Crippen LogP contribution >= 0.6 is 34.8 Å². The van der Waals surface area contributed by atoms with Gasteiger partial charge in [0.1, 0.15) is 18.4 Å². The van der Waals surface area contributed by atoms with Crippen molar-refractivity contribution in [1.29, 1.82) is 0 Å². The van der Waals surface area contributed by atoms with E-state index >= 15 is 0 Å². The molecule has 1 unspecified atom stereocenters. The van der Waals surface area contributed by atoms with Crippen molar-refractivity contribution < 1.29 is 22.4 Å². The molecule has 3 aromatic carbocycles. The second-order valence-corrected chi connectivity index (χ2v) is 11.8. The maximum Gasteiger partial charge on any atom is 0.244 e. The third kappa shape index (κ3) is 8.08. The van der Waals surface area contributed by atoms with Gasteiger partial charge in [-0.15, -0.1) is 0 Å². The minimum Gasteiger partial charge on any atom is -0.355 e. The molecule has 0 radical (unpaired) electrons. The van der Waals surface area contributed by atoms with Gasteiger partial charge in [0.25, 0.3) is 0 Å². The highest BCUT2D eigenvalue weighted by Gasteiger charge is 2.34. The molecule has 0 saturated carbocycles. The highest BCUT2D eigenvalue weighted by Crippen LogP contribution is 2.35. The van der Waals surface area contributed by atoms with E-state index < -0.39 is 40.2 Å². The Kier molecular flexibility index (Phi) is 10.6. The van der Waals surface area contributed by atoms with E-state index in [-0.39, 0.29) is 39.3 Å². The normalized spacial score (nSPS) is 12.1. The number of nitrogens with one attached hydrogen (secondary N) is 1. The van der Waals surface area contributed by atoms with Crippen LogP contribution in [0.3, 0.4) is 0 Å². The second kappa shape index (κ2) is 13.5. The van der Waals surface area contributed by atoms with E-state index in [0.717, 1.165) is 16.1 Å². The lowest BCUT2D eigenvalue weighted by atomic mass is 10.0. The molecule has 1 atom stereocenters. The van der Waals surface area contributed by atoms with E-state index in [2.05, 4.69) is 5.32 Å². The molecule has 0 heterocycles. The Labute approximate surface area is 242 Å². The van der Waals surface area contributed by atoms with E-state index in [1.165, 1.54) is 35.2 Å². The molecule has 208 valence electrons. The summed E-state index contributed by atoms with van der Waals surface area (Å²) in [6.07, 6.45) is 1.02. The molecular formula is C27H27Cl3FN3O4S. The quantitative estimate of drug-likeness (QED) is 0.296. The fourth-order valence-electron chi connectivity index (χ4n) is 3.95. The third-order valence-electron chi connectivity index (χ3n) is 5.86. The molecule has 39 heavy (non-hydrogen) atoms. The number of halogens is 4. The first-order valence-corrected chi connectivity index (χ1v) is 14.9. The third-order valence-corrected chi connectivity index (χ3v) is 8.01. The number of nitrogens with zero attached hydrogens (tertiary/aromatic N) is 2. The van der Waals surface area contributed by atoms with Crippen LogP contribution in [0, 0.1) is 5.82 Å². The SMILES string of the molecule is CCNC(=O)C(Cc1ccccc1)N(Cc1ccccc1F)C(=O)CN(c1cc(Cl)c(Cl)cc1Cl)S(C)(=O)=O. The van der Waals surface area contributed by atoms with Crippen LogP contribution in [-0.4, -0.2) is 50.5 Å². The predicted octanol–water partition coefficient (Wildman–Crippen LogP) is 5.33. The number of carbonyl (C=O) groups excluding carboxylic acids is 2. The first-order chi connectivity index (χ1) is 18.4. The lowest BCUT2D eigenvalue weighted by Crippen LogP contribution is -2.53. The number of rotatable bonds is 11. The van der Waals surface area contributed by atoms with Crippen LogP contribution in [0.5, 0.6) is 0 Å². The molecule has 0 bridgehead atoms. The average molecular weight is 615 g/mol. The zero-order chi connectivity index (χ0) is 28.7. The van der Waals surface area contributed by atoms with E-state index in [0.29, 0.717) is 6.54 Å². The van der Waals surface area contributed by atoms with Crippen LogP contribution in [0.2, 0.25) is 15.1 Å². The highest BCUT2D eigenvalue weighted by atomic mass is 35.5. The number of hydrogen-bond donors (Lipinski definition) is 1. The van der Waals surface area contributed by atoms with Crippen molar-refractivity contribution in [2.24, 2.45) is 0 Å². The molecule has 0 saturated heterocycles. The maximum atomic E-state index is 14.7. The molecule has 0 aliphatic rings. The van der Waals surface area contributed by atoms with Gasteiger partial charge in [0, 0.05) is 25.1 Å². The highest BCUT2D eigenvalue weighted by molar-refractivity contribution is 7.92. The minimum absolute atomic E-state index is 0.0321. The fourth-order valence-corrected chi connectivity index (χ4v) is 5.50. The summed E-state index contributed by atoms with van der Waals surface area (Å²) in [4.78, 5) is 28.4. The van der Waals surface area contributed by atoms with Gasteiger partial charge in [-0.05, 0) is 30.7 Å². The van der Waals surface area contributed by atoms with Gasteiger partial charge in [-0.1, -0.05) is 83.3 Å². The van der Waals surface area contributed by atoms with E-state index in [4.69, 9.17) is 34.8 Å². The van der Waals surface area contributed by atoms with Crippen LogP contribution in [0.15, 0.2) is 66.7 Å². The van der Waals surface area contributed by atoms with Gasteiger partial charge in [-0.2, -0.15) is 0 Å². The minimum atomic E-state index is -4.07. The Bertz CT molecular complexity index is 1440. The van der Waals surface area contributed by atoms with E-state index in [1.807, 2.05) is 6.07 Å². The average Bonchev–Trinajstić information content (AvgIpc) is 2.88. The Morgan fingerprint density at radius 1 is 0.949 bits per heavy atom. The molecule has 3 aromatic rings. The first kappa shape index (κ1) is 30.7.